The van der Waals surface area contributed by atoms with Crippen LogP contribution < -0.4 is 4.74 Å². The van der Waals surface area contributed by atoms with Crippen LogP contribution in [0, 0.1) is 0 Å². The maximum atomic E-state index is 12.2. The molecule has 1 aliphatic rings. The molecule has 104 valence electrons. The number of benzene rings is 1. The summed E-state index contributed by atoms with van der Waals surface area (Å²) in [6, 6.07) is 7.30. The fourth-order valence-electron chi connectivity index (χ4n) is 2.65. The van der Waals surface area contributed by atoms with Crippen molar-refractivity contribution in [3.63, 3.8) is 0 Å². The van der Waals surface area contributed by atoms with E-state index in [9.17, 15) is 4.79 Å². The highest BCUT2D eigenvalue weighted by molar-refractivity contribution is 5.78. The number of nitrogens with zero attached hydrogens (tertiary/aromatic N) is 1. The number of hydrogen-bond acceptors (Lipinski definition) is 4. The van der Waals surface area contributed by atoms with Crippen molar-refractivity contribution in [2.75, 3.05) is 27.3 Å². The van der Waals surface area contributed by atoms with Crippen molar-refractivity contribution in [3.8, 4) is 5.75 Å². The number of para-hydroxylation sites is 1. The molecule has 4 heteroatoms. The molecule has 0 aliphatic carbocycles. The summed E-state index contributed by atoms with van der Waals surface area (Å²) in [5.74, 6) is 0.523. The normalized spacial score (nSPS) is 17.8. The quantitative estimate of drug-likeness (QED) is 0.782. The van der Waals surface area contributed by atoms with Crippen molar-refractivity contribution in [1.82, 2.24) is 4.90 Å². The molecule has 1 heterocycles. The number of methoxy groups -OCH3 is 2. The van der Waals surface area contributed by atoms with Crippen LogP contribution in [0.2, 0.25) is 0 Å². The summed E-state index contributed by atoms with van der Waals surface area (Å²) in [6.45, 7) is 1.86. The fraction of sp³-hybridized carbons (Fsp3) is 0.533. The minimum absolute atomic E-state index is 0.216. The van der Waals surface area contributed by atoms with Crippen LogP contribution in [0.3, 0.4) is 0 Å². The molecule has 0 saturated carbocycles. The third kappa shape index (κ3) is 3.07. The van der Waals surface area contributed by atoms with Gasteiger partial charge in [-0.05, 0) is 32.0 Å². The average molecular weight is 263 g/mol. The zero-order valence-corrected chi connectivity index (χ0v) is 11.6. The number of esters is 1. The Labute approximate surface area is 114 Å². The molecule has 4 nitrogen and oxygen atoms in total. The Hall–Kier alpha value is -1.55. The lowest BCUT2D eigenvalue weighted by Crippen LogP contribution is -2.38. The molecule has 0 N–H and O–H groups in total. The van der Waals surface area contributed by atoms with Gasteiger partial charge in [-0.1, -0.05) is 24.6 Å². The van der Waals surface area contributed by atoms with E-state index < -0.39 is 0 Å². The minimum atomic E-state index is -0.360. The smallest absolute Gasteiger partial charge is 0.327 e. The summed E-state index contributed by atoms with van der Waals surface area (Å²) >= 11 is 0. The summed E-state index contributed by atoms with van der Waals surface area (Å²) in [5.41, 5.74) is 0.888. The van der Waals surface area contributed by atoms with Crippen molar-refractivity contribution in [2.45, 2.75) is 25.3 Å². The molecule has 0 spiro atoms. The first-order valence-corrected chi connectivity index (χ1v) is 6.72. The average Bonchev–Trinajstić information content (AvgIpc) is 2.49. The number of ether oxygens (including phenoxy) is 2. The Balaban J connectivity index is 2.33. The molecule has 0 bridgehead atoms. The number of rotatable bonds is 4. The van der Waals surface area contributed by atoms with E-state index in [4.69, 9.17) is 9.47 Å². The molecule has 1 saturated heterocycles. The highest BCUT2D eigenvalue weighted by Gasteiger charge is 2.31. The third-order valence-corrected chi connectivity index (χ3v) is 3.61. The molecule has 0 amide bonds. The standard InChI is InChI=1S/C15H21NO3/c1-18-13-9-5-4-8-12(13)14(15(17)19-2)16-10-6-3-7-11-16/h4-5,8-9,14H,3,6-7,10-11H2,1-2H3. The van der Waals surface area contributed by atoms with Crippen LogP contribution in [0.4, 0.5) is 0 Å². The van der Waals surface area contributed by atoms with Gasteiger partial charge < -0.3 is 9.47 Å². The number of likely N-dealkylation sites (tertiary alicyclic amines) is 1. The van der Waals surface area contributed by atoms with E-state index in [1.54, 1.807) is 7.11 Å². The van der Waals surface area contributed by atoms with E-state index in [-0.39, 0.29) is 12.0 Å². The fourth-order valence-corrected chi connectivity index (χ4v) is 2.65. The largest absolute Gasteiger partial charge is 0.496 e. The second-order valence-electron chi connectivity index (χ2n) is 4.76. The number of piperidine rings is 1. The Kier molecular flexibility index (Phi) is 4.80. The molecular formula is C15H21NO3. The molecule has 1 aromatic carbocycles. The van der Waals surface area contributed by atoms with Crippen LogP contribution in [-0.2, 0) is 9.53 Å². The molecule has 19 heavy (non-hydrogen) atoms. The van der Waals surface area contributed by atoms with Gasteiger partial charge in [0.25, 0.3) is 0 Å². The third-order valence-electron chi connectivity index (χ3n) is 3.61. The van der Waals surface area contributed by atoms with Gasteiger partial charge >= 0.3 is 5.97 Å². The summed E-state index contributed by atoms with van der Waals surface area (Å²) < 4.78 is 10.4. The maximum Gasteiger partial charge on any atom is 0.327 e. The Morgan fingerprint density at radius 2 is 1.84 bits per heavy atom. The van der Waals surface area contributed by atoms with Gasteiger partial charge in [0.1, 0.15) is 11.8 Å². The SMILES string of the molecule is COC(=O)C(c1ccccc1OC)N1CCCCC1. The molecule has 0 radical (unpaired) electrons. The molecule has 0 aromatic heterocycles. The van der Waals surface area contributed by atoms with Gasteiger partial charge in [0.05, 0.1) is 14.2 Å². The number of carbonyl (C=O) groups excluding carboxylic acids is 1. The van der Waals surface area contributed by atoms with E-state index >= 15 is 0 Å². The van der Waals surface area contributed by atoms with Gasteiger partial charge in [-0.3, -0.25) is 4.90 Å². The van der Waals surface area contributed by atoms with Gasteiger partial charge in [0.2, 0.25) is 0 Å². The zero-order valence-electron chi connectivity index (χ0n) is 11.6. The predicted octanol–water partition coefficient (Wildman–Crippen LogP) is 2.40. The van der Waals surface area contributed by atoms with Crippen molar-refractivity contribution in [1.29, 1.82) is 0 Å². The summed E-state index contributed by atoms with van der Waals surface area (Å²) in [7, 11) is 3.07. The van der Waals surface area contributed by atoms with Crippen molar-refractivity contribution in [2.24, 2.45) is 0 Å². The molecule has 1 fully saturated rings. The number of carbonyl (C=O) groups is 1. The van der Waals surface area contributed by atoms with Gasteiger partial charge in [0, 0.05) is 5.56 Å². The van der Waals surface area contributed by atoms with E-state index in [0.29, 0.717) is 0 Å². The lowest BCUT2D eigenvalue weighted by atomic mass is 10.0. The lowest BCUT2D eigenvalue weighted by molar-refractivity contribution is -0.147. The van der Waals surface area contributed by atoms with Crippen molar-refractivity contribution >= 4 is 5.97 Å². The van der Waals surface area contributed by atoms with Crippen LogP contribution in [0.1, 0.15) is 30.9 Å². The monoisotopic (exact) mass is 263 g/mol. The Bertz CT molecular complexity index is 427. The van der Waals surface area contributed by atoms with E-state index in [2.05, 4.69) is 4.90 Å². The van der Waals surface area contributed by atoms with Crippen LogP contribution in [0.25, 0.3) is 0 Å². The first-order chi connectivity index (χ1) is 9.27. The van der Waals surface area contributed by atoms with Crippen LogP contribution in [-0.4, -0.2) is 38.2 Å². The predicted molar refractivity (Wildman–Crippen MR) is 73.2 cm³/mol. The van der Waals surface area contributed by atoms with Crippen LogP contribution >= 0.6 is 0 Å². The number of hydrogen-bond donors (Lipinski definition) is 0. The summed E-state index contributed by atoms with van der Waals surface area (Å²) in [5, 5.41) is 0. The van der Waals surface area contributed by atoms with Gasteiger partial charge in [-0.2, -0.15) is 0 Å². The summed E-state index contributed by atoms with van der Waals surface area (Å²) in [4.78, 5) is 14.3. The lowest BCUT2D eigenvalue weighted by Gasteiger charge is -2.33. The molecule has 2 rings (SSSR count). The van der Waals surface area contributed by atoms with Gasteiger partial charge in [-0.15, -0.1) is 0 Å². The minimum Gasteiger partial charge on any atom is -0.496 e. The van der Waals surface area contributed by atoms with Crippen LogP contribution in [0.15, 0.2) is 24.3 Å². The first-order valence-electron chi connectivity index (χ1n) is 6.72. The molecular weight excluding hydrogens is 242 g/mol. The molecule has 1 aromatic rings. The molecule has 1 atom stereocenters. The van der Waals surface area contributed by atoms with E-state index in [1.807, 2.05) is 24.3 Å². The zero-order chi connectivity index (χ0) is 13.7. The van der Waals surface area contributed by atoms with E-state index in [0.717, 1.165) is 37.2 Å². The highest BCUT2D eigenvalue weighted by atomic mass is 16.5. The topological polar surface area (TPSA) is 38.8 Å². The molecule has 1 unspecified atom stereocenters. The van der Waals surface area contributed by atoms with Crippen molar-refractivity contribution in [3.05, 3.63) is 29.8 Å². The van der Waals surface area contributed by atoms with Gasteiger partial charge in [0.15, 0.2) is 0 Å². The highest BCUT2D eigenvalue weighted by Crippen LogP contribution is 2.32. The van der Waals surface area contributed by atoms with Gasteiger partial charge in [-0.25, -0.2) is 4.79 Å². The molecule has 1 aliphatic heterocycles. The van der Waals surface area contributed by atoms with Crippen LogP contribution in [0.5, 0.6) is 5.75 Å². The second kappa shape index (κ2) is 6.57. The first kappa shape index (κ1) is 13.9. The maximum absolute atomic E-state index is 12.2. The Morgan fingerprint density at radius 1 is 1.16 bits per heavy atom. The van der Waals surface area contributed by atoms with E-state index in [1.165, 1.54) is 13.5 Å². The van der Waals surface area contributed by atoms with Crippen molar-refractivity contribution < 1.29 is 14.3 Å². The Morgan fingerprint density at radius 3 is 2.47 bits per heavy atom. The second-order valence-corrected chi connectivity index (χ2v) is 4.76. The summed E-state index contributed by atoms with van der Waals surface area (Å²) in [6.07, 6.45) is 3.49.